The van der Waals surface area contributed by atoms with Crippen LogP contribution < -0.4 is 0 Å². The van der Waals surface area contributed by atoms with E-state index >= 15 is 0 Å². The molecule has 0 bridgehead atoms. The molecule has 5 nitrogen and oxygen atoms in total. The van der Waals surface area contributed by atoms with Gasteiger partial charge in [-0.2, -0.15) is 0 Å². The highest BCUT2D eigenvalue weighted by molar-refractivity contribution is 6.33. The Morgan fingerprint density at radius 2 is 1.18 bits per heavy atom. The van der Waals surface area contributed by atoms with Gasteiger partial charge in [-0.15, -0.1) is 0 Å². The lowest BCUT2D eigenvalue weighted by molar-refractivity contribution is 0.103. The monoisotopic (exact) mass is 497 g/mol. The molecule has 0 radical (unpaired) electrons. The molecule has 34 heavy (non-hydrogen) atoms. The van der Waals surface area contributed by atoms with Crippen LogP contribution in [-0.2, 0) is 0 Å². The third kappa shape index (κ3) is 6.58. The Bertz CT molecular complexity index is 1080. The zero-order valence-electron chi connectivity index (χ0n) is 19.9. The van der Waals surface area contributed by atoms with E-state index < -0.39 is 0 Å². The Morgan fingerprint density at radius 3 is 1.56 bits per heavy atom. The van der Waals surface area contributed by atoms with Crippen LogP contribution in [-0.4, -0.2) is 54.5 Å². The molecule has 1 aromatic heterocycles. The van der Waals surface area contributed by atoms with Gasteiger partial charge in [-0.25, -0.2) is 4.98 Å². The van der Waals surface area contributed by atoms with Crippen LogP contribution in [0.4, 0.5) is 0 Å². The van der Waals surface area contributed by atoms with Crippen LogP contribution in [0.1, 0.15) is 46.7 Å². The van der Waals surface area contributed by atoms with Crippen molar-refractivity contribution in [2.75, 3.05) is 28.2 Å². The van der Waals surface area contributed by atoms with Gasteiger partial charge in [0.2, 0.25) is 11.6 Å². The van der Waals surface area contributed by atoms with Crippen LogP contribution in [0.25, 0.3) is 0 Å². The minimum atomic E-state index is -0.277. The molecule has 0 fully saturated rings. The Hall–Kier alpha value is -2.89. The second kappa shape index (κ2) is 11.5. The molecule has 2 aliphatic carbocycles. The highest BCUT2D eigenvalue weighted by atomic mass is 35.5. The van der Waals surface area contributed by atoms with E-state index in [9.17, 15) is 9.59 Å². The molecule has 178 valence electrons. The van der Waals surface area contributed by atoms with Gasteiger partial charge < -0.3 is 9.80 Å². The van der Waals surface area contributed by atoms with Crippen molar-refractivity contribution in [3.05, 3.63) is 98.6 Å². The minimum Gasteiger partial charge on any atom is -0.383 e. The number of carbonyl (C=O) groups excluding carboxylic acids is 2. The van der Waals surface area contributed by atoms with E-state index in [0.29, 0.717) is 10.1 Å². The summed E-state index contributed by atoms with van der Waals surface area (Å²) in [6.07, 6.45) is 13.6. The fraction of sp³-hybridized carbons (Fsp3) is 0.296. The number of carbonyl (C=O) groups is 2. The lowest BCUT2D eigenvalue weighted by Gasteiger charge is -2.06. The molecule has 0 saturated heterocycles. The lowest BCUT2D eigenvalue weighted by Crippen LogP contribution is -2.05. The first-order valence-electron chi connectivity index (χ1n) is 11.1. The number of hydrogen-bond donors (Lipinski definition) is 0. The van der Waals surface area contributed by atoms with E-state index in [1.54, 1.807) is 30.4 Å². The van der Waals surface area contributed by atoms with Crippen molar-refractivity contribution in [2.45, 2.75) is 25.7 Å². The normalized spacial score (nSPS) is 18.9. The smallest absolute Gasteiger partial charge is 0.204 e. The van der Waals surface area contributed by atoms with Crippen molar-refractivity contribution in [2.24, 2.45) is 0 Å². The van der Waals surface area contributed by atoms with Gasteiger partial charge in [0.1, 0.15) is 11.4 Å². The number of allylic oxidation sites excluding steroid dienone is 10. The molecule has 0 unspecified atom stereocenters. The Labute approximate surface area is 211 Å². The van der Waals surface area contributed by atoms with Crippen LogP contribution in [0.3, 0.4) is 0 Å². The number of aromatic nitrogens is 1. The second-order valence-electron chi connectivity index (χ2n) is 8.72. The van der Waals surface area contributed by atoms with Gasteiger partial charge in [-0.05, 0) is 72.3 Å². The topological polar surface area (TPSA) is 53.5 Å². The molecule has 2 aliphatic rings. The number of pyridine rings is 1. The highest BCUT2D eigenvalue weighted by Crippen LogP contribution is 2.36. The van der Waals surface area contributed by atoms with Crippen LogP contribution in [0.2, 0.25) is 0 Å². The van der Waals surface area contributed by atoms with Gasteiger partial charge in [-0.3, -0.25) is 9.59 Å². The van der Waals surface area contributed by atoms with E-state index in [2.05, 4.69) is 4.98 Å². The summed E-state index contributed by atoms with van der Waals surface area (Å²) in [5, 5.41) is 1.37. The van der Waals surface area contributed by atoms with Gasteiger partial charge in [0.25, 0.3) is 0 Å². The number of rotatable bonds is 8. The van der Waals surface area contributed by atoms with E-state index in [1.807, 2.05) is 50.4 Å². The van der Waals surface area contributed by atoms with Gasteiger partial charge in [-0.1, -0.05) is 41.4 Å². The maximum atomic E-state index is 12.7. The summed E-state index contributed by atoms with van der Waals surface area (Å²) in [5.74, 6) is -0.554. The van der Waals surface area contributed by atoms with Crippen molar-refractivity contribution in [1.29, 1.82) is 0 Å². The Kier molecular flexibility index (Phi) is 8.70. The average Bonchev–Trinajstić information content (AvgIpc) is 3.31. The van der Waals surface area contributed by atoms with Gasteiger partial charge in [0.05, 0.1) is 0 Å². The van der Waals surface area contributed by atoms with Gasteiger partial charge in [0, 0.05) is 50.7 Å². The summed E-state index contributed by atoms with van der Waals surface area (Å²) in [6.45, 7) is 0. The fourth-order valence-corrected chi connectivity index (χ4v) is 4.40. The third-order valence-corrected chi connectivity index (χ3v) is 6.38. The summed E-state index contributed by atoms with van der Waals surface area (Å²) in [6, 6.07) is 4.86. The first-order valence-corrected chi connectivity index (χ1v) is 11.9. The summed E-state index contributed by atoms with van der Waals surface area (Å²) in [5.41, 5.74) is 4.37. The van der Waals surface area contributed by atoms with Gasteiger partial charge in [0.15, 0.2) is 0 Å². The van der Waals surface area contributed by atoms with Crippen molar-refractivity contribution in [1.82, 2.24) is 14.8 Å². The van der Waals surface area contributed by atoms with Crippen LogP contribution >= 0.6 is 23.2 Å². The van der Waals surface area contributed by atoms with E-state index in [4.69, 9.17) is 23.2 Å². The largest absolute Gasteiger partial charge is 0.383 e. The predicted molar refractivity (Wildman–Crippen MR) is 139 cm³/mol. The molecule has 0 aliphatic heterocycles. The first-order chi connectivity index (χ1) is 16.2. The number of hydrogen-bond acceptors (Lipinski definition) is 5. The Morgan fingerprint density at radius 1 is 0.765 bits per heavy atom. The SMILES string of the molecule is CN(C)/C=C1/CCC(/C=C/C(=O)c2cccc(C(=O)/C=C/C3=C(Cl)C(=C\N(C)C)/CC3)n2)=C1Cl. The average molecular weight is 498 g/mol. The summed E-state index contributed by atoms with van der Waals surface area (Å²) in [7, 11) is 7.79. The molecule has 0 atom stereocenters. The van der Waals surface area contributed by atoms with Crippen LogP contribution in [0.15, 0.2) is 87.3 Å². The maximum Gasteiger partial charge on any atom is 0.204 e. The highest BCUT2D eigenvalue weighted by Gasteiger charge is 2.18. The zero-order valence-corrected chi connectivity index (χ0v) is 21.5. The Balaban J connectivity index is 1.71. The molecular formula is C27H29Cl2N3O2. The fourth-order valence-electron chi connectivity index (χ4n) is 3.80. The molecule has 1 heterocycles. The van der Waals surface area contributed by atoms with E-state index in [-0.39, 0.29) is 23.0 Å². The quantitative estimate of drug-likeness (QED) is 0.324. The molecule has 0 N–H and O–H groups in total. The molecule has 1 aromatic rings. The number of halogens is 2. The summed E-state index contributed by atoms with van der Waals surface area (Å²) < 4.78 is 0. The summed E-state index contributed by atoms with van der Waals surface area (Å²) in [4.78, 5) is 33.5. The van der Waals surface area contributed by atoms with E-state index in [0.717, 1.165) is 48.0 Å². The van der Waals surface area contributed by atoms with Gasteiger partial charge >= 0.3 is 0 Å². The van der Waals surface area contributed by atoms with E-state index in [1.165, 1.54) is 12.2 Å². The summed E-state index contributed by atoms with van der Waals surface area (Å²) >= 11 is 12.9. The molecule has 0 saturated carbocycles. The van der Waals surface area contributed by atoms with Crippen molar-refractivity contribution in [3.63, 3.8) is 0 Å². The predicted octanol–water partition coefficient (Wildman–Crippen LogP) is 6.02. The molecule has 7 heteroatoms. The molecule has 0 spiro atoms. The molecular weight excluding hydrogens is 469 g/mol. The lowest BCUT2D eigenvalue weighted by atomic mass is 10.1. The number of ketones is 2. The standard InChI is InChI=1S/C27H29Cl2N3O2/c1-31(2)16-20-10-8-18(26(20)28)12-14-24(33)22-6-5-7-23(30-22)25(34)15-13-19-9-11-21(27(19)29)17-32(3)4/h5-7,12-17H,8-11H2,1-4H3/b14-12+,15-13+,20-16-,21-17-. The molecule has 3 rings (SSSR count). The minimum absolute atomic E-state index is 0.212. The molecule has 0 amide bonds. The van der Waals surface area contributed by atoms with Crippen molar-refractivity contribution < 1.29 is 9.59 Å². The number of nitrogens with zero attached hydrogens (tertiary/aromatic N) is 3. The second-order valence-corrected chi connectivity index (χ2v) is 9.47. The van der Waals surface area contributed by atoms with Crippen molar-refractivity contribution in [3.8, 4) is 0 Å². The van der Waals surface area contributed by atoms with Crippen LogP contribution in [0.5, 0.6) is 0 Å². The van der Waals surface area contributed by atoms with Crippen molar-refractivity contribution >= 4 is 34.8 Å². The maximum absolute atomic E-state index is 12.7. The zero-order chi connectivity index (χ0) is 24.8. The molecule has 0 aromatic carbocycles. The third-order valence-electron chi connectivity index (χ3n) is 5.41. The van der Waals surface area contributed by atoms with Crippen LogP contribution in [0, 0.1) is 0 Å². The first kappa shape index (κ1) is 25.7.